The number of aromatic nitrogens is 2. The molecule has 4 heterocycles. The number of amides is 1. The molecular formula is C33H32ClF4N7O2. The number of carbonyl (C=O) groups is 1. The van der Waals surface area contributed by atoms with Crippen LogP contribution in [0.2, 0.25) is 5.02 Å². The van der Waals surface area contributed by atoms with E-state index in [2.05, 4.69) is 16.9 Å². The van der Waals surface area contributed by atoms with E-state index in [9.17, 15) is 23.6 Å². The molecule has 2 aliphatic heterocycles. The van der Waals surface area contributed by atoms with Gasteiger partial charge in [0, 0.05) is 30.6 Å². The van der Waals surface area contributed by atoms with Gasteiger partial charge in [-0.25, -0.2) is 22.5 Å². The van der Waals surface area contributed by atoms with Gasteiger partial charge in [0.05, 0.1) is 33.7 Å². The molecule has 2 aromatic heterocycles. The molecule has 1 saturated heterocycles. The van der Waals surface area contributed by atoms with Crippen molar-refractivity contribution in [3.05, 3.63) is 80.8 Å². The van der Waals surface area contributed by atoms with Crippen molar-refractivity contribution in [2.24, 2.45) is 5.92 Å². The zero-order valence-corrected chi connectivity index (χ0v) is 27.0. The summed E-state index contributed by atoms with van der Waals surface area (Å²) in [4.78, 5) is 35.0. The zero-order valence-electron chi connectivity index (χ0n) is 26.3. The van der Waals surface area contributed by atoms with E-state index in [1.807, 2.05) is 33.8 Å². The lowest BCUT2D eigenvalue weighted by molar-refractivity contribution is -0.130. The Kier molecular flexibility index (Phi) is 8.85. The predicted octanol–water partition coefficient (Wildman–Crippen LogP) is 5.71. The highest BCUT2D eigenvalue weighted by atomic mass is 35.5. The van der Waals surface area contributed by atoms with Gasteiger partial charge in [0.25, 0.3) is 5.56 Å². The lowest BCUT2D eigenvalue weighted by Gasteiger charge is -2.45. The molecule has 2 aliphatic rings. The Morgan fingerprint density at radius 2 is 1.81 bits per heavy atom. The molecule has 3 aromatic rings. The molecular weight excluding hydrogens is 638 g/mol. The lowest BCUT2D eigenvalue weighted by atomic mass is 9.94. The first kappa shape index (κ1) is 33.5. The number of carbonyl (C=O) groups excluding carboxylic acids is 1. The highest BCUT2D eigenvalue weighted by molar-refractivity contribution is 6.34. The second-order valence-electron chi connectivity index (χ2n) is 12.1. The van der Waals surface area contributed by atoms with Gasteiger partial charge in [-0.2, -0.15) is 5.26 Å². The van der Waals surface area contributed by atoms with E-state index >= 15 is 8.78 Å². The Bertz CT molecular complexity index is 1980. The standard InChI is InChI=1S/C33H32ClF4N7O2/c1-7-21(46)44-16(5)12-43(13-17(44)6)31-18-10-20(34)29(22-23(35)25(37)26(38)27(40)24(22)36)42-32(18)45(33(47)19(31)11-39)30-15(4)8-9-41-28(30)14(2)3/h7-10,14,16-17,28,41H,1,12-13,40H2,2-6H3/t16-,17+,28?. The number of allylic oxidation sites excluding steroid dienone is 2. The van der Waals surface area contributed by atoms with Crippen molar-refractivity contribution in [1.29, 1.82) is 5.26 Å². The van der Waals surface area contributed by atoms with Crippen LogP contribution in [0.15, 0.2) is 41.4 Å². The highest BCUT2D eigenvalue weighted by Gasteiger charge is 2.37. The van der Waals surface area contributed by atoms with E-state index in [0.717, 1.165) is 0 Å². The number of nitrogen functional groups attached to an aromatic ring is 1. The number of nitrogens with two attached hydrogens (primary N) is 1. The summed E-state index contributed by atoms with van der Waals surface area (Å²) < 4.78 is 60.5. The van der Waals surface area contributed by atoms with E-state index in [1.165, 1.54) is 16.7 Å². The number of halogens is 5. The minimum Gasteiger partial charge on any atom is -0.394 e. The fourth-order valence-corrected chi connectivity index (χ4v) is 6.76. The van der Waals surface area contributed by atoms with Gasteiger partial charge in [0.1, 0.15) is 23.0 Å². The molecule has 5 rings (SSSR count). The largest absolute Gasteiger partial charge is 0.394 e. The molecule has 0 bridgehead atoms. The van der Waals surface area contributed by atoms with Crippen molar-refractivity contribution < 1.29 is 22.4 Å². The van der Waals surface area contributed by atoms with Crippen molar-refractivity contribution >= 4 is 45.6 Å². The Hall–Kier alpha value is -4.83. The van der Waals surface area contributed by atoms with Gasteiger partial charge in [0.15, 0.2) is 23.3 Å². The summed E-state index contributed by atoms with van der Waals surface area (Å²) in [6, 6.07) is 2.09. The molecule has 0 aliphatic carbocycles. The molecule has 1 fully saturated rings. The van der Waals surface area contributed by atoms with Crippen molar-refractivity contribution in [1.82, 2.24) is 19.8 Å². The quantitative estimate of drug-likeness (QED) is 0.117. The van der Waals surface area contributed by atoms with Crippen LogP contribution >= 0.6 is 11.6 Å². The van der Waals surface area contributed by atoms with Crippen LogP contribution in [0.1, 0.15) is 40.2 Å². The Morgan fingerprint density at radius 1 is 1.17 bits per heavy atom. The molecule has 0 saturated carbocycles. The molecule has 14 heteroatoms. The molecule has 3 atom stereocenters. The maximum atomic E-state index is 15.4. The van der Waals surface area contributed by atoms with Gasteiger partial charge in [-0.05, 0) is 56.7 Å². The van der Waals surface area contributed by atoms with Crippen LogP contribution in [0.3, 0.4) is 0 Å². The van der Waals surface area contributed by atoms with Crippen LogP contribution in [-0.4, -0.2) is 51.6 Å². The van der Waals surface area contributed by atoms with Gasteiger partial charge < -0.3 is 20.9 Å². The summed E-state index contributed by atoms with van der Waals surface area (Å²) >= 11 is 6.62. The zero-order chi connectivity index (χ0) is 34.6. The van der Waals surface area contributed by atoms with Gasteiger partial charge >= 0.3 is 0 Å². The third-order valence-electron chi connectivity index (χ3n) is 8.60. The number of piperazine rings is 1. The second-order valence-corrected chi connectivity index (χ2v) is 12.5. The minimum atomic E-state index is -2.02. The van der Waals surface area contributed by atoms with Gasteiger partial charge in [-0.1, -0.05) is 32.0 Å². The van der Waals surface area contributed by atoms with E-state index in [0.29, 0.717) is 11.3 Å². The van der Waals surface area contributed by atoms with E-state index in [-0.39, 0.29) is 64.3 Å². The molecule has 9 nitrogen and oxygen atoms in total. The smallest absolute Gasteiger partial charge is 0.276 e. The maximum absolute atomic E-state index is 15.4. The average molecular weight is 670 g/mol. The number of anilines is 2. The number of nitriles is 1. The van der Waals surface area contributed by atoms with E-state index < -0.39 is 51.8 Å². The van der Waals surface area contributed by atoms with Crippen LogP contribution < -0.4 is 21.5 Å². The van der Waals surface area contributed by atoms with Crippen LogP contribution in [0.25, 0.3) is 28.0 Å². The normalized spacial score (nSPS) is 19.7. The molecule has 0 radical (unpaired) electrons. The number of benzene rings is 1. The van der Waals surface area contributed by atoms with Gasteiger partial charge in [-0.15, -0.1) is 0 Å². The van der Waals surface area contributed by atoms with Crippen LogP contribution in [0.4, 0.5) is 28.9 Å². The fourth-order valence-electron chi connectivity index (χ4n) is 6.51. The van der Waals surface area contributed by atoms with Crippen LogP contribution in [0, 0.1) is 40.5 Å². The van der Waals surface area contributed by atoms with E-state index in [1.54, 1.807) is 29.0 Å². The first-order valence-electron chi connectivity index (χ1n) is 14.8. The summed E-state index contributed by atoms with van der Waals surface area (Å²) in [5, 5.41) is 13.5. The third-order valence-corrected chi connectivity index (χ3v) is 8.89. The molecule has 1 unspecified atom stereocenters. The first-order valence-corrected chi connectivity index (χ1v) is 15.2. The van der Waals surface area contributed by atoms with Gasteiger partial charge in [-0.3, -0.25) is 14.2 Å². The molecule has 1 aromatic carbocycles. The molecule has 246 valence electrons. The lowest BCUT2D eigenvalue weighted by Crippen LogP contribution is -2.58. The Labute approximate surface area is 273 Å². The molecule has 1 amide bonds. The van der Waals surface area contributed by atoms with Gasteiger partial charge in [0.2, 0.25) is 5.91 Å². The van der Waals surface area contributed by atoms with Crippen molar-refractivity contribution in [2.75, 3.05) is 23.7 Å². The summed E-state index contributed by atoms with van der Waals surface area (Å²) in [6.45, 7) is 13.2. The topological polar surface area (TPSA) is 120 Å². The number of hydrogen-bond donors (Lipinski definition) is 2. The maximum Gasteiger partial charge on any atom is 0.276 e. The van der Waals surface area contributed by atoms with Crippen molar-refractivity contribution in [3.8, 4) is 17.3 Å². The number of pyridine rings is 2. The summed E-state index contributed by atoms with van der Waals surface area (Å²) in [7, 11) is 0. The number of hydrogen-bond acceptors (Lipinski definition) is 7. The fraction of sp³-hybridized carbons (Fsp3) is 0.333. The summed E-state index contributed by atoms with van der Waals surface area (Å²) in [5.41, 5.74) is 2.43. The minimum absolute atomic E-state index is 0.0955. The number of nitrogens with zero attached hydrogens (tertiary/aromatic N) is 5. The van der Waals surface area contributed by atoms with Crippen molar-refractivity contribution in [2.45, 2.75) is 52.7 Å². The number of nitrogens with one attached hydrogen (secondary N) is 1. The third kappa shape index (κ3) is 5.30. The van der Waals surface area contributed by atoms with Crippen LogP contribution in [-0.2, 0) is 4.79 Å². The average Bonchev–Trinajstić information content (AvgIpc) is 3.02. The Balaban J connectivity index is 1.92. The predicted molar refractivity (Wildman–Crippen MR) is 173 cm³/mol. The second kappa shape index (κ2) is 12.4. The summed E-state index contributed by atoms with van der Waals surface area (Å²) in [5.74, 6) is -7.84. The number of dihydropyridines is 1. The molecule has 3 N–H and O–H groups in total. The van der Waals surface area contributed by atoms with Crippen LogP contribution in [0.5, 0.6) is 0 Å². The SMILES string of the molecule is C=CC(=O)N1[C@H](C)CN(c2c(C#N)c(=O)n(C3=C(C)C=CNC3C(C)C)c3nc(-c4c(F)c(N)c(F)c(F)c4F)c(Cl)cc23)C[C@@H]1C. The Morgan fingerprint density at radius 3 is 2.38 bits per heavy atom. The molecule has 47 heavy (non-hydrogen) atoms. The molecule has 0 spiro atoms. The first-order chi connectivity index (χ1) is 22.2. The highest BCUT2D eigenvalue weighted by Crippen LogP contribution is 2.41. The van der Waals surface area contributed by atoms with E-state index in [4.69, 9.17) is 17.3 Å². The monoisotopic (exact) mass is 669 g/mol. The number of rotatable bonds is 5. The number of fused-ring (bicyclic) bond motifs is 1. The summed E-state index contributed by atoms with van der Waals surface area (Å²) in [6.07, 6.45) is 4.65. The van der Waals surface area contributed by atoms with Crippen molar-refractivity contribution in [3.63, 3.8) is 0 Å².